The van der Waals surface area contributed by atoms with Crippen LogP contribution in [0.4, 0.5) is 0 Å². The summed E-state index contributed by atoms with van der Waals surface area (Å²) >= 11 is 0. The number of pyridine rings is 1. The SMILES string of the molecule is CNCc1ccc(S(=O)(=O)N(C)CC2CCCN2C)nc1. The molecule has 0 aromatic carbocycles. The van der Waals surface area contributed by atoms with Crippen molar-refractivity contribution in [1.29, 1.82) is 0 Å². The Balaban J connectivity index is 2.09. The number of likely N-dealkylation sites (N-methyl/N-ethyl adjacent to an activating group) is 2. The molecule has 1 aromatic rings. The van der Waals surface area contributed by atoms with Crippen LogP contribution in [0.3, 0.4) is 0 Å². The number of nitrogens with one attached hydrogen (secondary N) is 1. The summed E-state index contributed by atoms with van der Waals surface area (Å²) in [7, 11) is 2.01. The van der Waals surface area contributed by atoms with Gasteiger partial charge in [-0.05, 0) is 45.1 Å². The molecular weight excluding hydrogens is 288 g/mol. The fourth-order valence-electron chi connectivity index (χ4n) is 2.64. The van der Waals surface area contributed by atoms with Crippen LogP contribution in [-0.4, -0.2) is 62.9 Å². The maximum Gasteiger partial charge on any atom is 0.260 e. The molecule has 1 aliphatic rings. The zero-order chi connectivity index (χ0) is 15.5. The van der Waals surface area contributed by atoms with E-state index in [0.29, 0.717) is 19.1 Å². The van der Waals surface area contributed by atoms with Crippen LogP contribution < -0.4 is 5.32 Å². The Hall–Kier alpha value is -1.02. The second kappa shape index (κ2) is 6.83. The van der Waals surface area contributed by atoms with E-state index < -0.39 is 10.0 Å². The van der Waals surface area contributed by atoms with Crippen LogP contribution >= 0.6 is 0 Å². The highest BCUT2D eigenvalue weighted by atomic mass is 32.2. The number of sulfonamides is 1. The van der Waals surface area contributed by atoms with Gasteiger partial charge in [-0.1, -0.05) is 6.07 Å². The lowest BCUT2D eigenvalue weighted by Gasteiger charge is -2.25. The van der Waals surface area contributed by atoms with Crippen molar-refractivity contribution in [3.8, 4) is 0 Å². The summed E-state index contributed by atoms with van der Waals surface area (Å²) < 4.78 is 26.5. The molecule has 1 saturated heterocycles. The Morgan fingerprint density at radius 2 is 2.24 bits per heavy atom. The molecule has 1 unspecified atom stereocenters. The number of aromatic nitrogens is 1. The molecule has 2 heterocycles. The lowest BCUT2D eigenvalue weighted by molar-refractivity contribution is 0.270. The molecule has 1 atom stereocenters. The minimum absolute atomic E-state index is 0.116. The molecule has 0 amide bonds. The largest absolute Gasteiger partial charge is 0.316 e. The Labute approximate surface area is 127 Å². The zero-order valence-electron chi connectivity index (χ0n) is 12.9. The molecule has 1 aliphatic heterocycles. The lowest BCUT2D eigenvalue weighted by atomic mass is 10.2. The molecule has 0 bridgehead atoms. The van der Waals surface area contributed by atoms with Gasteiger partial charge in [-0.2, -0.15) is 4.31 Å². The minimum atomic E-state index is -3.51. The van der Waals surface area contributed by atoms with Gasteiger partial charge < -0.3 is 10.2 Å². The van der Waals surface area contributed by atoms with Crippen LogP contribution in [0, 0.1) is 0 Å². The van der Waals surface area contributed by atoms with Gasteiger partial charge in [0, 0.05) is 32.4 Å². The highest BCUT2D eigenvalue weighted by Crippen LogP contribution is 2.19. The quantitative estimate of drug-likeness (QED) is 0.829. The molecule has 0 saturated carbocycles. The van der Waals surface area contributed by atoms with E-state index in [4.69, 9.17) is 0 Å². The first-order chi connectivity index (χ1) is 9.95. The van der Waals surface area contributed by atoms with E-state index in [9.17, 15) is 8.42 Å². The zero-order valence-corrected chi connectivity index (χ0v) is 13.7. The van der Waals surface area contributed by atoms with E-state index in [0.717, 1.165) is 24.9 Å². The highest BCUT2D eigenvalue weighted by Gasteiger charge is 2.28. The van der Waals surface area contributed by atoms with Crippen LogP contribution in [-0.2, 0) is 16.6 Å². The Kier molecular flexibility index (Phi) is 5.32. The van der Waals surface area contributed by atoms with Crippen molar-refractivity contribution in [2.24, 2.45) is 0 Å². The summed E-state index contributed by atoms with van der Waals surface area (Å²) in [6.45, 7) is 2.23. The van der Waals surface area contributed by atoms with E-state index in [-0.39, 0.29) is 5.03 Å². The molecule has 1 aromatic heterocycles. The van der Waals surface area contributed by atoms with Crippen LogP contribution in [0.15, 0.2) is 23.4 Å². The fraction of sp³-hybridized carbons (Fsp3) is 0.643. The van der Waals surface area contributed by atoms with Crippen molar-refractivity contribution < 1.29 is 8.42 Å². The molecule has 118 valence electrons. The predicted molar refractivity (Wildman–Crippen MR) is 82.5 cm³/mol. The summed E-state index contributed by atoms with van der Waals surface area (Å²) in [6.07, 6.45) is 3.79. The maximum absolute atomic E-state index is 12.5. The van der Waals surface area contributed by atoms with Crippen molar-refractivity contribution in [3.05, 3.63) is 23.9 Å². The van der Waals surface area contributed by atoms with Crippen LogP contribution in [0.25, 0.3) is 0 Å². The van der Waals surface area contributed by atoms with Gasteiger partial charge in [0.25, 0.3) is 10.0 Å². The molecule has 21 heavy (non-hydrogen) atoms. The lowest BCUT2D eigenvalue weighted by Crippen LogP contribution is -2.39. The second-order valence-electron chi connectivity index (χ2n) is 5.60. The fourth-order valence-corrected chi connectivity index (χ4v) is 3.75. The first kappa shape index (κ1) is 16.4. The van der Waals surface area contributed by atoms with Crippen molar-refractivity contribution in [1.82, 2.24) is 19.5 Å². The van der Waals surface area contributed by atoms with E-state index in [1.54, 1.807) is 25.4 Å². The minimum Gasteiger partial charge on any atom is -0.316 e. The smallest absolute Gasteiger partial charge is 0.260 e. The van der Waals surface area contributed by atoms with E-state index in [1.165, 1.54) is 4.31 Å². The molecule has 0 spiro atoms. The average Bonchev–Trinajstić information content (AvgIpc) is 2.85. The summed E-state index contributed by atoms with van der Waals surface area (Å²) in [5.41, 5.74) is 0.967. The average molecular weight is 312 g/mol. The topological polar surface area (TPSA) is 65.5 Å². The molecule has 7 heteroatoms. The van der Waals surface area contributed by atoms with Crippen molar-refractivity contribution in [2.45, 2.75) is 30.5 Å². The monoisotopic (exact) mass is 312 g/mol. The Bertz CT molecular complexity index is 559. The van der Waals surface area contributed by atoms with E-state index >= 15 is 0 Å². The maximum atomic E-state index is 12.5. The molecule has 1 fully saturated rings. The van der Waals surface area contributed by atoms with Crippen molar-refractivity contribution in [2.75, 3.05) is 34.2 Å². The van der Waals surface area contributed by atoms with Gasteiger partial charge in [0.05, 0.1) is 0 Å². The van der Waals surface area contributed by atoms with Gasteiger partial charge in [0.2, 0.25) is 0 Å². The van der Waals surface area contributed by atoms with E-state index in [1.807, 2.05) is 14.1 Å². The van der Waals surface area contributed by atoms with E-state index in [2.05, 4.69) is 15.2 Å². The molecular formula is C14H24N4O2S. The van der Waals surface area contributed by atoms with Crippen LogP contribution in [0.5, 0.6) is 0 Å². The third-order valence-corrected chi connectivity index (χ3v) is 5.73. The predicted octanol–water partition coefficient (Wildman–Crippen LogP) is 0.516. The van der Waals surface area contributed by atoms with Gasteiger partial charge in [-0.3, -0.25) is 0 Å². The molecule has 1 N–H and O–H groups in total. The van der Waals surface area contributed by atoms with Crippen molar-refractivity contribution >= 4 is 10.0 Å². The van der Waals surface area contributed by atoms with Gasteiger partial charge in [0.15, 0.2) is 5.03 Å². The van der Waals surface area contributed by atoms with Crippen LogP contribution in [0.1, 0.15) is 18.4 Å². The third-order valence-electron chi connectivity index (χ3n) is 3.99. The molecule has 6 nitrogen and oxygen atoms in total. The van der Waals surface area contributed by atoms with Gasteiger partial charge in [0.1, 0.15) is 0 Å². The number of hydrogen-bond donors (Lipinski definition) is 1. The Morgan fingerprint density at radius 1 is 1.48 bits per heavy atom. The summed E-state index contributed by atoms with van der Waals surface area (Å²) in [6, 6.07) is 3.68. The number of likely N-dealkylation sites (tertiary alicyclic amines) is 1. The van der Waals surface area contributed by atoms with Gasteiger partial charge in [-0.15, -0.1) is 0 Å². The van der Waals surface area contributed by atoms with Gasteiger partial charge in [-0.25, -0.2) is 13.4 Å². The first-order valence-corrected chi connectivity index (χ1v) is 8.65. The standard InChI is InChI=1S/C14H24N4O2S/c1-15-9-12-6-7-14(16-10-12)21(19,20)18(3)11-13-5-4-8-17(13)2/h6-7,10,13,15H,4-5,8-9,11H2,1-3H3. The van der Waals surface area contributed by atoms with Gasteiger partial charge >= 0.3 is 0 Å². The first-order valence-electron chi connectivity index (χ1n) is 7.21. The number of nitrogens with zero attached hydrogens (tertiary/aromatic N) is 3. The third kappa shape index (κ3) is 3.79. The summed E-state index contributed by atoms with van der Waals surface area (Å²) in [4.78, 5) is 6.32. The summed E-state index contributed by atoms with van der Waals surface area (Å²) in [5.74, 6) is 0. The number of hydrogen-bond acceptors (Lipinski definition) is 5. The molecule has 0 aliphatic carbocycles. The number of rotatable bonds is 6. The van der Waals surface area contributed by atoms with Crippen molar-refractivity contribution in [3.63, 3.8) is 0 Å². The normalized spacial score (nSPS) is 20.3. The Morgan fingerprint density at radius 3 is 2.76 bits per heavy atom. The molecule has 0 radical (unpaired) electrons. The van der Waals surface area contributed by atoms with Crippen LogP contribution in [0.2, 0.25) is 0 Å². The second-order valence-corrected chi connectivity index (χ2v) is 7.59. The molecule has 2 rings (SSSR count). The highest BCUT2D eigenvalue weighted by molar-refractivity contribution is 7.89. The summed E-state index contributed by atoms with van der Waals surface area (Å²) in [5, 5.41) is 3.13.